The summed E-state index contributed by atoms with van der Waals surface area (Å²) in [7, 11) is 0. The Labute approximate surface area is 109 Å². The molecule has 1 heterocycles. The molecule has 5 heteroatoms. The second kappa shape index (κ2) is 5.19. The normalized spacial score (nSPS) is 10.5. The van der Waals surface area contributed by atoms with E-state index in [2.05, 4.69) is 32.2 Å². The van der Waals surface area contributed by atoms with Gasteiger partial charge in [0.1, 0.15) is 5.60 Å². The van der Waals surface area contributed by atoms with E-state index < -0.39 is 11.7 Å². The van der Waals surface area contributed by atoms with Gasteiger partial charge in [-0.2, -0.15) is 0 Å². The molecule has 0 spiro atoms. The van der Waals surface area contributed by atoms with E-state index in [1.165, 1.54) is 0 Å². The van der Waals surface area contributed by atoms with Crippen molar-refractivity contribution in [3.8, 4) is 12.3 Å². The summed E-state index contributed by atoms with van der Waals surface area (Å²) in [4.78, 5) is 15.5. The van der Waals surface area contributed by atoms with E-state index >= 15 is 0 Å². The van der Waals surface area contributed by atoms with Crippen LogP contribution in [-0.4, -0.2) is 16.7 Å². The van der Waals surface area contributed by atoms with Crippen molar-refractivity contribution in [1.29, 1.82) is 0 Å². The molecule has 17 heavy (non-hydrogen) atoms. The smallest absolute Gasteiger partial charge is 0.413 e. The third-order valence-corrected chi connectivity index (χ3v) is 2.06. The minimum atomic E-state index is -0.580. The molecule has 0 saturated carbocycles. The van der Waals surface area contributed by atoms with E-state index in [-0.39, 0.29) is 0 Å². The minimum Gasteiger partial charge on any atom is -0.444 e. The highest BCUT2D eigenvalue weighted by Crippen LogP contribution is 2.18. The van der Waals surface area contributed by atoms with Gasteiger partial charge in [-0.15, -0.1) is 6.42 Å². The predicted octanol–water partition coefficient (Wildman–Crippen LogP) is 3.17. The van der Waals surface area contributed by atoms with Gasteiger partial charge in [-0.3, -0.25) is 5.32 Å². The maximum atomic E-state index is 11.5. The van der Waals surface area contributed by atoms with Gasteiger partial charge in [0, 0.05) is 10.7 Å². The summed E-state index contributed by atoms with van der Waals surface area (Å²) in [5, 5.41) is 2.51. The molecule has 0 aliphatic carbocycles. The standard InChI is InChI=1S/C12H13BrN2O2/c1-5-8-6-9(13)7-14-10(8)15-11(16)17-12(2,3)4/h1,6-7H,2-4H3,(H,14,15,16). The van der Waals surface area contributed by atoms with Crippen LogP contribution in [0.3, 0.4) is 0 Å². The molecule has 0 bridgehead atoms. The van der Waals surface area contributed by atoms with E-state index in [1.54, 1.807) is 33.0 Å². The highest BCUT2D eigenvalue weighted by molar-refractivity contribution is 9.10. The van der Waals surface area contributed by atoms with Crippen molar-refractivity contribution >= 4 is 27.8 Å². The molecule has 1 N–H and O–H groups in total. The number of halogens is 1. The van der Waals surface area contributed by atoms with Gasteiger partial charge >= 0.3 is 6.09 Å². The third kappa shape index (κ3) is 4.45. The Morgan fingerprint density at radius 2 is 2.24 bits per heavy atom. The van der Waals surface area contributed by atoms with Crippen molar-refractivity contribution in [2.24, 2.45) is 0 Å². The summed E-state index contributed by atoms with van der Waals surface area (Å²) >= 11 is 3.25. The van der Waals surface area contributed by atoms with E-state index in [0.717, 1.165) is 4.47 Å². The summed E-state index contributed by atoms with van der Waals surface area (Å²) in [6, 6.07) is 1.69. The number of nitrogens with one attached hydrogen (secondary N) is 1. The van der Waals surface area contributed by atoms with Gasteiger partial charge < -0.3 is 4.74 Å². The van der Waals surface area contributed by atoms with E-state index in [1.807, 2.05) is 0 Å². The first-order chi connectivity index (χ1) is 7.81. The Bertz CT molecular complexity index is 472. The average Bonchev–Trinajstić information content (AvgIpc) is 2.17. The van der Waals surface area contributed by atoms with Crippen LogP contribution in [0.2, 0.25) is 0 Å². The lowest BCUT2D eigenvalue weighted by molar-refractivity contribution is 0.0635. The zero-order valence-corrected chi connectivity index (χ0v) is 11.5. The van der Waals surface area contributed by atoms with Gasteiger partial charge in [0.2, 0.25) is 0 Å². The second-order valence-electron chi connectivity index (χ2n) is 4.32. The van der Waals surface area contributed by atoms with Gasteiger partial charge in [-0.05, 0) is 42.8 Å². The van der Waals surface area contributed by atoms with Crippen molar-refractivity contribution in [3.63, 3.8) is 0 Å². The molecule has 1 amide bonds. The minimum absolute atomic E-state index is 0.310. The summed E-state index contributed by atoms with van der Waals surface area (Å²) in [5.74, 6) is 2.75. The van der Waals surface area contributed by atoms with Crippen molar-refractivity contribution in [1.82, 2.24) is 4.98 Å². The van der Waals surface area contributed by atoms with Crippen molar-refractivity contribution in [2.45, 2.75) is 26.4 Å². The number of rotatable bonds is 1. The number of hydrogen-bond donors (Lipinski definition) is 1. The molecule has 90 valence electrons. The Morgan fingerprint density at radius 1 is 1.59 bits per heavy atom. The lowest BCUT2D eigenvalue weighted by atomic mass is 10.2. The second-order valence-corrected chi connectivity index (χ2v) is 5.24. The summed E-state index contributed by atoms with van der Waals surface area (Å²) in [6.07, 6.45) is 6.29. The number of ether oxygens (including phenoxy) is 1. The quantitative estimate of drug-likeness (QED) is 0.810. The molecule has 0 saturated heterocycles. The number of pyridine rings is 1. The number of carbonyl (C=O) groups is 1. The summed E-state index contributed by atoms with van der Waals surface area (Å²) in [5.41, 5.74) is -0.0688. The van der Waals surface area contributed by atoms with Gasteiger partial charge in [-0.25, -0.2) is 9.78 Å². The van der Waals surface area contributed by atoms with Crippen molar-refractivity contribution < 1.29 is 9.53 Å². The van der Waals surface area contributed by atoms with Crippen LogP contribution in [0.25, 0.3) is 0 Å². The molecule has 0 unspecified atom stereocenters. The zero-order chi connectivity index (χ0) is 13.1. The van der Waals surface area contributed by atoms with Crippen molar-refractivity contribution in [3.05, 3.63) is 22.3 Å². The first kappa shape index (κ1) is 13.5. The number of carbonyl (C=O) groups excluding carboxylic acids is 1. The molecule has 4 nitrogen and oxygen atoms in total. The Kier molecular flexibility index (Phi) is 4.13. The predicted molar refractivity (Wildman–Crippen MR) is 69.7 cm³/mol. The average molecular weight is 297 g/mol. The van der Waals surface area contributed by atoms with Gasteiger partial charge in [0.05, 0.1) is 5.56 Å². The first-order valence-corrected chi connectivity index (χ1v) is 5.73. The largest absolute Gasteiger partial charge is 0.444 e. The van der Waals surface area contributed by atoms with Crippen LogP contribution in [0, 0.1) is 12.3 Å². The maximum Gasteiger partial charge on any atom is 0.413 e. The first-order valence-electron chi connectivity index (χ1n) is 4.94. The molecule has 0 aromatic carbocycles. The van der Waals surface area contributed by atoms with Crippen LogP contribution in [-0.2, 0) is 4.74 Å². The molecule has 1 aromatic heterocycles. The van der Waals surface area contributed by atoms with Gasteiger partial charge in [-0.1, -0.05) is 5.92 Å². The van der Waals surface area contributed by atoms with Crippen molar-refractivity contribution in [2.75, 3.05) is 5.32 Å². The van der Waals surface area contributed by atoms with Crippen LogP contribution in [0.1, 0.15) is 26.3 Å². The molecule has 0 atom stereocenters. The molecule has 1 rings (SSSR count). The molecule has 1 aromatic rings. The lowest BCUT2D eigenvalue weighted by Gasteiger charge is -2.19. The van der Waals surface area contributed by atoms with Gasteiger partial charge in [0.15, 0.2) is 5.82 Å². The summed E-state index contributed by atoms with van der Waals surface area (Å²) in [6.45, 7) is 5.34. The lowest BCUT2D eigenvalue weighted by Crippen LogP contribution is -2.27. The molecular formula is C12H13BrN2O2. The zero-order valence-electron chi connectivity index (χ0n) is 9.87. The van der Waals surface area contributed by atoms with Crippen LogP contribution >= 0.6 is 15.9 Å². The molecule has 0 fully saturated rings. The fourth-order valence-electron chi connectivity index (χ4n) is 1.05. The highest BCUT2D eigenvalue weighted by Gasteiger charge is 2.17. The summed E-state index contributed by atoms with van der Waals surface area (Å²) < 4.78 is 5.85. The fraction of sp³-hybridized carbons (Fsp3) is 0.333. The van der Waals surface area contributed by atoms with Crippen LogP contribution < -0.4 is 5.32 Å². The molecular weight excluding hydrogens is 284 g/mol. The molecule has 0 radical (unpaired) electrons. The van der Waals surface area contributed by atoms with Gasteiger partial charge in [0.25, 0.3) is 0 Å². The highest BCUT2D eigenvalue weighted by atomic mass is 79.9. The number of terminal acetylenes is 1. The fourth-order valence-corrected chi connectivity index (χ4v) is 1.38. The SMILES string of the molecule is C#Cc1cc(Br)cnc1NC(=O)OC(C)(C)C. The molecule has 0 aliphatic rings. The number of aromatic nitrogens is 1. The van der Waals surface area contributed by atoms with Crippen LogP contribution in [0.5, 0.6) is 0 Å². The number of nitrogens with zero attached hydrogens (tertiary/aromatic N) is 1. The monoisotopic (exact) mass is 296 g/mol. The third-order valence-electron chi connectivity index (χ3n) is 1.63. The Balaban J connectivity index is 2.83. The number of amides is 1. The van der Waals surface area contributed by atoms with Crippen LogP contribution in [0.15, 0.2) is 16.7 Å². The maximum absolute atomic E-state index is 11.5. The Morgan fingerprint density at radius 3 is 2.76 bits per heavy atom. The van der Waals surface area contributed by atoms with Crippen LogP contribution in [0.4, 0.5) is 10.6 Å². The number of anilines is 1. The Hall–Kier alpha value is -1.54. The topological polar surface area (TPSA) is 51.2 Å². The van der Waals surface area contributed by atoms with E-state index in [4.69, 9.17) is 11.2 Å². The number of hydrogen-bond acceptors (Lipinski definition) is 3. The van der Waals surface area contributed by atoms with E-state index in [9.17, 15) is 4.79 Å². The molecule has 0 aliphatic heterocycles. The van der Waals surface area contributed by atoms with E-state index in [0.29, 0.717) is 11.4 Å².